The van der Waals surface area contributed by atoms with Crippen molar-refractivity contribution in [1.29, 1.82) is 0 Å². The number of para-hydroxylation sites is 1. The average molecular weight is 374 g/mol. The SMILES string of the molecule is CC[C@H](C)c1ccccc1NC(=O)[C@H](C)Nc1ccc(Cl)c(C(N)=O)c1. The Balaban J connectivity index is 2.12. The summed E-state index contributed by atoms with van der Waals surface area (Å²) in [5.74, 6) is -0.432. The van der Waals surface area contributed by atoms with E-state index in [-0.39, 0.29) is 16.5 Å². The van der Waals surface area contributed by atoms with E-state index < -0.39 is 11.9 Å². The molecule has 0 radical (unpaired) electrons. The first kappa shape index (κ1) is 19.8. The smallest absolute Gasteiger partial charge is 0.250 e. The second-order valence-electron chi connectivity index (χ2n) is 6.31. The van der Waals surface area contributed by atoms with E-state index in [1.54, 1.807) is 25.1 Å². The number of carbonyl (C=O) groups is 2. The van der Waals surface area contributed by atoms with Gasteiger partial charge in [-0.15, -0.1) is 0 Å². The number of benzene rings is 2. The van der Waals surface area contributed by atoms with Crippen LogP contribution >= 0.6 is 11.6 Å². The van der Waals surface area contributed by atoms with Crippen LogP contribution in [0.5, 0.6) is 0 Å². The highest BCUT2D eigenvalue weighted by Crippen LogP contribution is 2.27. The van der Waals surface area contributed by atoms with Crippen molar-refractivity contribution in [2.24, 2.45) is 5.73 Å². The van der Waals surface area contributed by atoms with Crippen LogP contribution in [0.3, 0.4) is 0 Å². The predicted octanol–water partition coefficient (Wildman–Crippen LogP) is 4.39. The van der Waals surface area contributed by atoms with Crippen LogP contribution in [0.15, 0.2) is 42.5 Å². The lowest BCUT2D eigenvalue weighted by atomic mass is 9.97. The molecule has 2 rings (SSSR count). The molecule has 2 atom stereocenters. The summed E-state index contributed by atoms with van der Waals surface area (Å²) >= 11 is 5.95. The number of rotatable bonds is 7. The average Bonchev–Trinajstić information content (AvgIpc) is 2.62. The van der Waals surface area contributed by atoms with Gasteiger partial charge in [-0.05, 0) is 49.1 Å². The molecule has 4 N–H and O–H groups in total. The summed E-state index contributed by atoms with van der Waals surface area (Å²) in [6.45, 7) is 6.00. The van der Waals surface area contributed by atoms with Crippen LogP contribution in [0.1, 0.15) is 49.0 Å². The van der Waals surface area contributed by atoms with E-state index in [2.05, 4.69) is 24.5 Å². The molecule has 0 fully saturated rings. The molecule has 2 aromatic carbocycles. The van der Waals surface area contributed by atoms with E-state index in [0.717, 1.165) is 17.7 Å². The molecule has 0 unspecified atom stereocenters. The maximum absolute atomic E-state index is 12.6. The van der Waals surface area contributed by atoms with Gasteiger partial charge in [0.05, 0.1) is 10.6 Å². The Morgan fingerprint density at radius 2 is 1.85 bits per heavy atom. The predicted molar refractivity (Wildman–Crippen MR) is 107 cm³/mol. The van der Waals surface area contributed by atoms with E-state index in [9.17, 15) is 9.59 Å². The first-order valence-electron chi connectivity index (χ1n) is 8.59. The number of carbonyl (C=O) groups excluding carboxylic acids is 2. The quantitative estimate of drug-likeness (QED) is 0.672. The molecule has 0 bridgehead atoms. The Morgan fingerprint density at radius 3 is 2.50 bits per heavy atom. The van der Waals surface area contributed by atoms with Crippen LogP contribution in [0.25, 0.3) is 0 Å². The molecule has 0 saturated carbocycles. The molecule has 6 heteroatoms. The third kappa shape index (κ3) is 4.76. The Labute approximate surface area is 158 Å². The lowest BCUT2D eigenvalue weighted by molar-refractivity contribution is -0.116. The minimum absolute atomic E-state index is 0.170. The summed E-state index contributed by atoms with van der Waals surface area (Å²) in [6, 6.07) is 12.1. The van der Waals surface area contributed by atoms with Crippen LogP contribution in [0, 0.1) is 0 Å². The molecule has 0 heterocycles. The van der Waals surface area contributed by atoms with Gasteiger partial charge in [0.15, 0.2) is 0 Å². The summed E-state index contributed by atoms with van der Waals surface area (Å²) in [4.78, 5) is 24.0. The second kappa shape index (κ2) is 8.72. The first-order chi connectivity index (χ1) is 12.3. The summed E-state index contributed by atoms with van der Waals surface area (Å²) in [6.07, 6.45) is 0.987. The summed E-state index contributed by atoms with van der Waals surface area (Å²) in [5, 5.41) is 6.32. The Hall–Kier alpha value is -2.53. The monoisotopic (exact) mass is 373 g/mol. The van der Waals surface area contributed by atoms with Crippen molar-refractivity contribution in [3.8, 4) is 0 Å². The third-order valence-corrected chi connectivity index (χ3v) is 4.70. The van der Waals surface area contributed by atoms with Crippen LogP contribution in [-0.4, -0.2) is 17.9 Å². The second-order valence-corrected chi connectivity index (χ2v) is 6.72. The molecular weight excluding hydrogens is 350 g/mol. The number of primary amides is 1. The van der Waals surface area contributed by atoms with Gasteiger partial charge in [-0.3, -0.25) is 9.59 Å². The number of hydrogen-bond acceptors (Lipinski definition) is 3. The summed E-state index contributed by atoms with van der Waals surface area (Å²) < 4.78 is 0. The fraction of sp³-hybridized carbons (Fsp3) is 0.300. The number of nitrogens with two attached hydrogens (primary N) is 1. The third-order valence-electron chi connectivity index (χ3n) is 4.37. The maximum atomic E-state index is 12.6. The van der Waals surface area contributed by atoms with Gasteiger partial charge in [-0.2, -0.15) is 0 Å². The fourth-order valence-corrected chi connectivity index (χ4v) is 2.83. The van der Waals surface area contributed by atoms with Gasteiger partial charge < -0.3 is 16.4 Å². The zero-order chi connectivity index (χ0) is 19.3. The Kier molecular flexibility index (Phi) is 6.64. The van der Waals surface area contributed by atoms with Gasteiger partial charge >= 0.3 is 0 Å². The number of nitrogens with one attached hydrogen (secondary N) is 2. The van der Waals surface area contributed by atoms with E-state index in [1.165, 1.54) is 0 Å². The van der Waals surface area contributed by atoms with Gasteiger partial charge in [0.25, 0.3) is 0 Å². The fourth-order valence-electron chi connectivity index (χ4n) is 2.62. The molecule has 0 aliphatic carbocycles. The van der Waals surface area contributed by atoms with E-state index in [4.69, 9.17) is 17.3 Å². The summed E-state index contributed by atoms with van der Waals surface area (Å²) in [7, 11) is 0. The maximum Gasteiger partial charge on any atom is 0.250 e. The Morgan fingerprint density at radius 1 is 1.15 bits per heavy atom. The standard InChI is InChI=1S/C20H24ClN3O2/c1-4-12(2)15-7-5-6-8-18(15)24-20(26)13(3)23-14-9-10-17(21)16(11-14)19(22)25/h5-13,23H,4H2,1-3H3,(H2,22,25)(H,24,26)/t12-,13-/m0/s1. The minimum atomic E-state index is -0.613. The Bertz CT molecular complexity index is 807. The number of anilines is 2. The summed E-state index contributed by atoms with van der Waals surface area (Å²) in [5.41, 5.74) is 8.04. The highest BCUT2D eigenvalue weighted by molar-refractivity contribution is 6.33. The molecule has 2 amide bonds. The van der Waals surface area contributed by atoms with Crippen LogP contribution in [0.4, 0.5) is 11.4 Å². The van der Waals surface area contributed by atoms with E-state index in [0.29, 0.717) is 11.6 Å². The molecule has 0 aromatic heterocycles. The molecule has 0 aliphatic rings. The molecule has 2 aromatic rings. The van der Waals surface area contributed by atoms with Crippen molar-refractivity contribution >= 4 is 34.8 Å². The largest absolute Gasteiger partial charge is 0.374 e. The number of amides is 2. The zero-order valence-corrected chi connectivity index (χ0v) is 15.9. The van der Waals surface area contributed by atoms with Gasteiger partial charge in [-0.25, -0.2) is 0 Å². The topological polar surface area (TPSA) is 84.2 Å². The highest BCUT2D eigenvalue weighted by Gasteiger charge is 2.17. The van der Waals surface area contributed by atoms with Crippen molar-refractivity contribution in [1.82, 2.24) is 0 Å². The zero-order valence-electron chi connectivity index (χ0n) is 15.2. The molecule has 5 nitrogen and oxygen atoms in total. The van der Waals surface area contributed by atoms with Crippen LogP contribution < -0.4 is 16.4 Å². The first-order valence-corrected chi connectivity index (χ1v) is 8.97. The van der Waals surface area contributed by atoms with Gasteiger partial charge in [0.2, 0.25) is 11.8 Å². The molecule has 26 heavy (non-hydrogen) atoms. The van der Waals surface area contributed by atoms with Crippen LogP contribution in [0.2, 0.25) is 5.02 Å². The highest BCUT2D eigenvalue weighted by atomic mass is 35.5. The van der Waals surface area contributed by atoms with Crippen molar-refractivity contribution in [2.45, 2.75) is 39.2 Å². The van der Waals surface area contributed by atoms with Crippen LogP contribution in [-0.2, 0) is 4.79 Å². The van der Waals surface area contributed by atoms with Crippen molar-refractivity contribution in [3.63, 3.8) is 0 Å². The van der Waals surface area contributed by atoms with Crippen molar-refractivity contribution < 1.29 is 9.59 Å². The molecular formula is C20H24ClN3O2. The van der Waals surface area contributed by atoms with Crippen molar-refractivity contribution in [3.05, 3.63) is 58.6 Å². The van der Waals surface area contributed by atoms with Crippen molar-refractivity contribution in [2.75, 3.05) is 10.6 Å². The van der Waals surface area contributed by atoms with Gasteiger partial charge in [-0.1, -0.05) is 43.6 Å². The molecule has 0 aliphatic heterocycles. The number of hydrogen-bond donors (Lipinski definition) is 3. The normalized spacial score (nSPS) is 12.9. The lowest BCUT2D eigenvalue weighted by Gasteiger charge is -2.19. The molecule has 0 saturated heterocycles. The van der Waals surface area contributed by atoms with E-state index in [1.807, 2.05) is 24.3 Å². The molecule has 0 spiro atoms. The van der Waals surface area contributed by atoms with E-state index >= 15 is 0 Å². The van der Waals surface area contributed by atoms with Gasteiger partial charge in [0.1, 0.15) is 6.04 Å². The minimum Gasteiger partial charge on any atom is -0.374 e. The lowest BCUT2D eigenvalue weighted by Crippen LogP contribution is -2.32. The van der Waals surface area contributed by atoms with Gasteiger partial charge in [0, 0.05) is 11.4 Å². The number of halogens is 1. The molecule has 138 valence electrons.